The molecule has 0 radical (unpaired) electrons. The van der Waals surface area contributed by atoms with Crippen LogP contribution in [0.3, 0.4) is 0 Å². The van der Waals surface area contributed by atoms with Gasteiger partial charge in [0.1, 0.15) is 0 Å². The van der Waals surface area contributed by atoms with Crippen LogP contribution in [0.25, 0.3) is 11.0 Å². The van der Waals surface area contributed by atoms with E-state index < -0.39 is 0 Å². The number of fused-ring (bicyclic) bond motifs is 1. The molecule has 7 nitrogen and oxygen atoms in total. The van der Waals surface area contributed by atoms with Gasteiger partial charge in [0.05, 0.1) is 22.8 Å². The molecule has 0 saturated heterocycles. The quantitative estimate of drug-likeness (QED) is 0.262. The minimum absolute atomic E-state index is 0.181. The monoisotopic (exact) mass is 462 g/mol. The summed E-state index contributed by atoms with van der Waals surface area (Å²) in [5.41, 5.74) is 10.3. The van der Waals surface area contributed by atoms with Gasteiger partial charge < -0.3 is 16.0 Å². The number of hydrogen-bond donors (Lipinski definition) is 4. The van der Waals surface area contributed by atoms with Crippen molar-refractivity contribution in [1.29, 1.82) is 5.41 Å². The van der Waals surface area contributed by atoms with Crippen molar-refractivity contribution >= 4 is 44.3 Å². The molecule has 0 aliphatic rings. The topological polar surface area (TPSA) is 121 Å². The fourth-order valence-electron chi connectivity index (χ4n) is 3.17. The Morgan fingerprint density at radius 2 is 1.87 bits per heavy atom. The summed E-state index contributed by atoms with van der Waals surface area (Å²) in [5, 5.41) is 11.4. The first kappa shape index (κ1) is 19.8. The Morgan fingerprint density at radius 1 is 1.17 bits per heavy atom. The molecular formula is C22H19BrN6O. The summed E-state index contributed by atoms with van der Waals surface area (Å²) in [6.07, 6.45) is 3.26. The number of hydrogen-bond acceptors (Lipinski definition) is 5. The van der Waals surface area contributed by atoms with Crippen LogP contribution in [0.2, 0.25) is 0 Å². The lowest BCUT2D eigenvalue weighted by molar-refractivity contribution is 0.0930. The molecule has 8 heteroatoms. The van der Waals surface area contributed by atoms with Crippen molar-refractivity contribution in [3.63, 3.8) is 0 Å². The van der Waals surface area contributed by atoms with Gasteiger partial charge in [-0.05, 0) is 48.9 Å². The van der Waals surface area contributed by atoms with Crippen LogP contribution in [0.5, 0.6) is 0 Å². The molecule has 2 heterocycles. The van der Waals surface area contributed by atoms with Gasteiger partial charge in [-0.3, -0.25) is 15.2 Å². The summed E-state index contributed by atoms with van der Waals surface area (Å²) in [6, 6.07) is 14.5. The van der Waals surface area contributed by atoms with E-state index in [2.05, 4.69) is 36.2 Å². The molecule has 150 valence electrons. The maximum atomic E-state index is 12.7. The van der Waals surface area contributed by atoms with E-state index in [0.29, 0.717) is 27.8 Å². The SMILES string of the molecule is CC(NC(=O)c1nc2cc(N)c(C(=N)c3ccncc3)cc2[nH]1)c1ccc(Br)cc1. The molecule has 1 amide bonds. The number of nitrogen functional groups attached to an aromatic ring is 1. The third kappa shape index (κ3) is 3.95. The first-order chi connectivity index (χ1) is 14.4. The number of aromatic amines is 1. The van der Waals surface area contributed by atoms with Gasteiger partial charge in [-0.1, -0.05) is 28.1 Å². The Morgan fingerprint density at radius 3 is 2.57 bits per heavy atom. The number of anilines is 1. The summed E-state index contributed by atoms with van der Waals surface area (Å²) in [4.78, 5) is 24.1. The van der Waals surface area contributed by atoms with Crippen molar-refractivity contribution < 1.29 is 4.79 Å². The fraction of sp³-hybridized carbons (Fsp3) is 0.0909. The maximum Gasteiger partial charge on any atom is 0.287 e. The molecule has 4 rings (SSSR count). The molecule has 30 heavy (non-hydrogen) atoms. The lowest BCUT2D eigenvalue weighted by Crippen LogP contribution is -2.27. The Bertz CT molecular complexity index is 1230. The molecule has 2 aromatic heterocycles. The molecule has 5 N–H and O–H groups in total. The molecule has 0 aliphatic heterocycles. The summed E-state index contributed by atoms with van der Waals surface area (Å²) >= 11 is 3.41. The number of benzene rings is 2. The second-order valence-corrected chi connectivity index (χ2v) is 7.82. The van der Waals surface area contributed by atoms with Crippen LogP contribution < -0.4 is 11.1 Å². The number of nitrogens with zero attached hydrogens (tertiary/aromatic N) is 2. The minimum atomic E-state index is -0.314. The molecule has 1 atom stereocenters. The van der Waals surface area contributed by atoms with Crippen LogP contribution in [0.4, 0.5) is 5.69 Å². The van der Waals surface area contributed by atoms with Gasteiger partial charge in [0.15, 0.2) is 5.82 Å². The Balaban J connectivity index is 1.59. The van der Waals surface area contributed by atoms with E-state index in [1.54, 1.807) is 36.7 Å². The molecule has 0 fully saturated rings. The highest BCUT2D eigenvalue weighted by molar-refractivity contribution is 9.10. The van der Waals surface area contributed by atoms with Gasteiger partial charge in [-0.25, -0.2) is 4.98 Å². The smallest absolute Gasteiger partial charge is 0.287 e. The number of amides is 1. The van der Waals surface area contributed by atoms with Crippen LogP contribution in [-0.2, 0) is 0 Å². The van der Waals surface area contributed by atoms with Gasteiger partial charge in [-0.2, -0.15) is 0 Å². The zero-order valence-corrected chi connectivity index (χ0v) is 17.7. The minimum Gasteiger partial charge on any atom is -0.398 e. The van der Waals surface area contributed by atoms with E-state index >= 15 is 0 Å². The van der Waals surface area contributed by atoms with Crippen molar-refractivity contribution in [3.05, 3.63) is 87.9 Å². The number of aromatic nitrogens is 3. The predicted octanol–water partition coefficient (Wildman–Crippen LogP) is 4.21. The number of pyridine rings is 1. The normalized spacial score (nSPS) is 11.9. The largest absolute Gasteiger partial charge is 0.398 e. The Hall–Kier alpha value is -3.52. The van der Waals surface area contributed by atoms with E-state index in [0.717, 1.165) is 10.0 Å². The van der Waals surface area contributed by atoms with E-state index in [-0.39, 0.29) is 23.5 Å². The molecule has 0 spiro atoms. The first-order valence-corrected chi connectivity index (χ1v) is 10.1. The first-order valence-electron chi connectivity index (χ1n) is 9.27. The number of nitrogens with two attached hydrogens (primary N) is 1. The Kier molecular flexibility index (Phi) is 5.33. The van der Waals surface area contributed by atoms with Crippen molar-refractivity contribution in [2.24, 2.45) is 0 Å². The molecule has 0 aliphatic carbocycles. The average Bonchev–Trinajstić information content (AvgIpc) is 3.16. The van der Waals surface area contributed by atoms with Crippen molar-refractivity contribution in [2.75, 3.05) is 5.73 Å². The van der Waals surface area contributed by atoms with E-state index in [1.165, 1.54) is 0 Å². The number of H-pyrrole nitrogens is 1. The number of carbonyl (C=O) groups is 1. The van der Waals surface area contributed by atoms with Crippen molar-refractivity contribution in [3.8, 4) is 0 Å². The highest BCUT2D eigenvalue weighted by atomic mass is 79.9. The standard InChI is InChI=1S/C22H19BrN6O/c1-12(13-2-4-15(23)5-3-13)27-22(30)21-28-18-10-16(17(24)11-19(18)29-21)20(25)14-6-8-26-9-7-14/h2-12,25H,24H2,1H3,(H,27,30)(H,28,29). The number of nitrogens with one attached hydrogen (secondary N) is 3. The Labute approximate surface area is 181 Å². The van der Waals surface area contributed by atoms with Crippen LogP contribution >= 0.6 is 15.9 Å². The molecule has 2 aromatic carbocycles. The van der Waals surface area contributed by atoms with Gasteiger partial charge >= 0.3 is 0 Å². The van der Waals surface area contributed by atoms with Gasteiger partial charge in [0.2, 0.25) is 0 Å². The number of rotatable bonds is 5. The number of imidazole rings is 1. The molecule has 4 aromatic rings. The summed E-state index contributed by atoms with van der Waals surface area (Å²) in [6.45, 7) is 1.91. The number of carbonyl (C=O) groups excluding carboxylic acids is 1. The second-order valence-electron chi connectivity index (χ2n) is 6.90. The van der Waals surface area contributed by atoms with Crippen LogP contribution in [0.15, 0.2) is 65.4 Å². The van der Waals surface area contributed by atoms with Crippen LogP contribution in [0, 0.1) is 5.41 Å². The third-order valence-corrected chi connectivity index (χ3v) is 5.35. The van der Waals surface area contributed by atoms with Crippen molar-refractivity contribution in [2.45, 2.75) is 13.0 Å². The fourth-order valence-corrected chi connectivity index (χ4v) is 3.44. The highest BCUT2D eigenvalue weighted by Gasteiger charge is 2.17. The van der Waals surface area contributed by atoms with E-state index in [4.69, 9.17) is 11.1 Å². The van der Waals surface area contributed by atoms with Crippen LogP contribution in [0.1, 0.15) is 40.3 Å². The lowest BCUT2D eigenvalue weighted by Gasteiger charge is -2.13. The second kappa shape index (κ2) is 8.08. The average molecular weight is 463 g/mol. The predicted molar refractivity (Wildman–Crippen MR) is 121 cm³/mol. The molecule has 0 saturated carbocycles. The summed E-state index contributed by atoms with van der Waals surface area (Å²) < 4.78 is 0.979. The van der Waals surface area contributed by atoms with Crippen molar-refractivity contribution in [1.82, 2.24) is 20.3 Å². The lowest BCUT2D eigenvalue weighted by atomic mass is 10.0. The van der Waals surface area contributed by atoms with E-state index in [1.807, 2.05) is 31.2 Å². The van der Waals surface area contributed by atoms with E-state index in [9.17, 15) is 4.79 Å². The number of halogens is 1. The molecule has 0 bridgehead atoms. The molecular weight excluding hydrogens is 444 g/mol. The maximum absolute atomic E-state index is 12.7. The highest BCUT2D eigenvalue weighted by Crippen LogP contribution is 2.23. The molecule has 1 unspecified atom stereocenters. The van der Waals surface area contributed by atoms with Gasteiger partial charge in [0, 0.05) is 33.7 Å². The third-order valence-electron chi connectivity index (χ3n) is 4.82. The van der Waals surface area contributed by atoms with Gasteiger partial charge in [0.25, 0.3) is 5.91 Å². The summed E-state index contributed by atoms with van der Waals surface area (Å²) in [7, 11) is 0. The van der Waals surface area contributed by atoms with Gasteiger partial charge in [-0.15, -0.1) is 0 Å². The summed E-state index contributed by atoms with van der Waals surface area (Å²) in [5.74, 6) is -0.119. The zero-order valence-electron chi connectivity index (χ0n) is 16.1. The zero-order chi connectivity index (χ0) is 21.3. The van der Waals surface area contributed by atoms with Crippen LogP contribution in [-0.4, -0.2) is 26.6 Å².